The molecule has 0 aliphatic heterocycles. The Labute approximate surface area is 122 Å². The standard InChI is InChI=1S/C14H27O5P/c1-6-9-10-11-13(19-14(15)12(4)5)20(16,17-7-2)18-8-3/h13H,4,6-11H2,1-3,5H3. The third-order valence-corrected chi connectivity index (χ3v) is 4.92. The molecule has 0 fully saturated rings. The molecule has 0 heterocycles. The molecule has 0 aliphatic rings. The van der Waals surface area contributed by atoms with E-state index in [1.54, 1.807) is 20.8 Å². The smallest absolute Gasteiger partial charge is 0.370 e. The fraction of sp³-hybridized carbons (Fsp3) is 0.786. The van der Waals surface area contributed by atoms with Crippen molar-refractivity contribution >= 4 is 13.6 Å². The second-order valence-corrected chi connectivity index (χ2v) is 6.68. The van der Waals surface area contributed by atoms with Crippen LogP contribution in [0.4, 0.5) is 0 Å². The molecule has 0 radical (unpaired) electrons. The molecule has 0 N–H and O–H groups in total. The zero-order valence-corrected chi connectivity index (χ0v) is 13.9. The molecule has 0 aromatic heterocycles. The molecule has 0 amide bonds. The van der Waals surface area contributed by atoms with Gasteiger partial charge in [-0.15, -0.1) is 0 Å². The molecule has 0 saturated carbocycles. The molecule has 1 atom stereocenters. The summed E-state index contributed by atoms with van der Waals surface area (Å²) < 4.78 is 28.5. The maximum Gasteiger partial charge on any atom is 0.370 e. The lowest BCUT2D eigenvalue weighted by Gasteiger charge is -2.26. The second-order valence-electron chi connectivity index (χ2n) is 4.51. The maximum atomic E-state index is 12.7. The third kappa shape index (κ3) is 6.69. The quantitative estimate of drug-likeness (QED) is 0.247. The van der Waals surface area contributed by atoms with Crippen molar-refractivity contribution in [2.45, 2.75) is 59.2 Å². The van der Waals surface area contributed by atoms with Crippen molar-refractivity contribution in [1.82, 2.24) is 0 Å². The van der Waals surface area contributed by atoms with E-state index in [-0.39, 0.29) is 18.8 Å². The van der Waals surface area contributed by atoms with Crippen LogP contribution >= 0.6 is 7.60 Å². The first-order chi connectivity index (χ1) is 9.41. The fourth-order valence-electron chi connectivity index (χ4n) is 1.64. The predicted molar refractivity (Wildman–Crippen MR) is 79.7 cm³/mol. The van der Waals surface area contributed by atoms with Crippen molar-refractivity contribution < 1.29 is 23.1 Å². The SMILES string of the molecule is C=C(C)C(=O)OC(CCCCC)P(=O)(OCC)OCC. The number of unbranched alkanes of at least 4 members (excludes halogenated alkanes) is 2. The molecule has 6 heteroatoms. The van der Waals surface area contributed by atoms with E-state index < -0.39 is 19.4 Å². The number of rotatable bonds is 11. The van der Waals surface area contributed by atoms with Gasteiger partial charge in [0.15, 0.2) is 0 Å². The highest BCUT2D eigenvalue weighted by Gasteiger charge is 2.38. The molecule has 0 aromatic carbocycles. The Kier molecular flexibility index (Phi) is 9.82. The van der Waals surface area contributed by atoms with Crippen LogP contribution < -0.4 is 0 Å². The van der Waals surface area contributed by atoms with Crippen LogP contribution in [0.3, 0.4) is 0 Å². The van der Waals surface area contributed by atoms with Gasteiger partial charge in [-0.25, -0.2) is 4.79 Å². The number of carbonyl (C=O) groups excluding carboxylic acids is 1. The Hall–Kier alpha value is -0.640. The Balaban J connectivity index is 4.98. The van der Waals surface area contributed by atoms with Gasteiger partial charge in [-0.3, -0.25) is 4.57 Å². The highest BCUT2D eigenvalue weighted by Crippen LogP contribution is 2.55. The van der Waals surface area contributed by atoms with Gasteiger partial charge in [-0.2, -0.15) is 0 Å². The van der Waals surface area contributed by atoms with Crippen LogP contribution in [0.5, 0.6) is 0 Å². The lowest BCUT2D eigenvalue weighted by Crippen LogP contribution is -2.21. The number of ether oxygens (including phenoxy) is 1. The van der Waals surface area contributed by atoms with Gasteiger partial charge < -0.3 is 13.8 Å². The van der Waals surface area contributed by atoms with Gasteiger partial charge in [0.05, 0.1) is 13.2 Å². The average Bonchev–Trinajstić information content (AvgIpc) is 2.38. The zero-order valence-electron chi connectivity index (χ0n) is 13.0. The molecule has 1 unspecified atom stereocenters. The minimum Gasteiger partial charge on any atom is -0.446 e. The molecule has 0 aliphatic carbocycles. The number of carbonyl (C=O) groups is 1. The first kappa shape index (κ1) is 19.4. The molecular formula is C14H27O5P. The van der Waals surface area contributed by atoms with Gasteiger partial charge in [0.2, 0.25) is 5.85 Å². The first-order valence-electron chi connectivity index (χ1n) is 7.16. The van der Waals surface area contributed by atoms with E-state index in [0.717, 1.165) is 19.3 Å². The highest BCUT2D eigenvalue weighted by molar-refractivity contribution is 7.54. The van der Waals surface area contributed by atoms with Crippen molar-refractivity contribution in [3.8, 4) is 0 Å². The Morgan fingerprint density at radius 1 is 1.15 bits per heavy atom. The summed E-state index contributed by atoms with van der Waals surface area (Å²) >= 11 is 0. The molecular weight excluding hydrogens is 279 g/mol. The number of esters is 1. The van der Waals surface area contributed by atoms with Crippen molar-refractivity contribution in [2.24, 2.45) is 0 Å². The van der Waals surface area contributed by atoms with Crippen LogP contribution in [-0.2, 0) is 23.1 Å². The van der Waals surface area contributed by atoms with Gasteiger partial charge in [0.25, 0.3) is 0 Å². The first-order valence-corrected chi connectivity index (χ1v) is 8.77. The summed E-state index contributed by atoms with van der Waals surface area (Å²) in [6.45, 7) is 11.1. The van der Waals surface area contributed by atoms with E-state index in [1.807, 2.05) is 0 Å². The van der Waals surface area contributed by atoms with E-state index in [0.29, 0.717) is 6.42 Å². The number of hydrogen-bond acceptors (Lipinski definition) is 5. The second kappa shape index (κ2) is 10.1. The Morgan fingerprint density at radius 2 is 1.70 bits per heavy atom. The molecule has 0 spiro atoms. The lowest BCUT2D eigenvalue weighted by molar-refractivity contribution is -0.142. The van der Waals surface area contributed by atoms with Crippen LogP contribution in [0.2, 0.25) is 0 Å². The summed E-state index contributed by atoms with van der Waals surface area (Å²) in [4.78, 5) is 11.7. The van der Waals surface area contributed by atoms with Crippen LogP contribution in [0.1, 0.15) is 53.4 Å². The largest absolute Gasteiger partial charge is 0.446 e. The Bertz CT molecular complexity index is 343. The summed E-state index contributed by atoms with van der Waals surface area (Å²) in [6.07, 6.45) is 3.26. The molecule has 0 aromatic rings. The van der Waals surface area contributed by atoms with Crippen molar-refractivity contribution in [2.75, 3.05) is 13.2 Å². The van der Waals surface area contributed by atoms with Crippen LogP contribution in [0, 0.1) is 0 Å². The lowest BCUT2D eigenvalue weighted by atomic mass is 10.2. The van der Waals surface area contributed by atoms with Gasteiger partial charge in [-0.05, 0) is 33.6 Å². The summed E-state index contributed by atoms with van der Waals surface area (Å²) in [5.74, 6) is -1.43. The molecule has 20 heavy (non-hydrogen) atoms. The predicted octanol–water partition coefficient (Wildman–Crippen LogP) is 4.28. The van der Waals surface area contributed by atoms with E-state index in [1.165, 1.54) is 0 Å². The van der Waals surface area contributed by atoms with E-state index in [9.17, 15) is 9.36 Å². The Morgan fingerprint density at radius 3 is 2.10 bits per heavy atom. The third-order valence-electron chi connectivity index (χ3n) is 2.62. The average molecular weight is 306 g/mol. The monoisotopic (exact) mass is 306 g/mol. The van der Waals surface area contributed by atoms with E-state index in [2.05, 4.69) is 13.5 Å². The number of hydrogen-bond donors (Lipinski definition) is 0. The minimum absolute atomic E-state index is 0.242. The molecule has 118 valence electrons. The summed E-state index contributed by atoms with van der Waals surface area (Å²) in [6, 6.07) is 0. The van der Waals surface area contributed by atoms with Gasteiger partial charge in [0.1, 0.15) is 0 Å². The van der Waals surface area contributed by atoms with Crippen molar-refractivity contribution in [3.63, 3.8) is 0 Å². The maximum absolute atomic E-state index is 12.7. The van der Waals surface area contributed by atoms with Gasteiger partial charge >= 0.3 is 13.6 Å². The van der Waals surface area contributed by atoms with Gasteiger partial charge in [-0.1, -0.05) is 26.3 Å². The summed E-state index contributed by atoms with van der Waals surface area (Å²) in [7, 11) is -3.45. The van der Waals surface area contributed by atoms with Crippen molar-refractivity contribution in [3.05, 3.63) is 12.2 Å². The van der Waals surface area contributed by atoms with E-state index in [4.69, 9.17) is 13.8 Å². The van der Waals surface area contributed by atoms with Crippen LogP contribution in [0.25, 0.3) is 0 Å². The molecule has 0 bridgehead atoms. The van der Waals surface area contributed by atoms with Gasteiger partial charge in [0, 0.05) is 5.57 Å². The molecule has 0 rings (SSSR count). The summed E-state index contributed by atoms with van der Waals surface area (Å²) in [5.41, 5.74) is 0.269. The summed E-state index contributed by atoms with van der Waals surface area (Å²) in [5, 5.41) is 0. The normalized spacial score (nSPS) is 13.0. The van der Waals surface area contributed by atoms with Crippen molar-refractivity contribution in [1.29, 1.82) is 0 Å². The minimum atomic E-state index is -3.45. The topological polar surface area (TPSA) is 61.8 Å². The highest BCUT2D eigenvalue weighted by atomic mass is 31.2. The molecule has 5 nitrogen and oxygen atoms in total. The zero-order chi connectivity index (χ0) is 15.6. The van der Waals surface area contributed by atoms with Crippen LogP contribution in [0.15, 0.2) is 12.2 Å². The van der Waals surface area contributed by atoms with E-state index >= 15 is 0 Å². The van der Waals surface area contributed by atoms with Crippen LogP contribution in [-0.4, -0.2) is 25.0 Å². The fourth-order valence-corrected chi connectivity index (χ4v) is 3.49. The molecule has 0 saturated heterocycles.